The predicted octanol–water partition coefficient (Wildman–Crippen LogP) is 0.253. The van der Waals surface area contributed by atoms with Gasteiger partial charge in [-0.3, -0.25) is 0 Å². The summed E-state index contributed by atoms with van der Waals surface area (Å²) in [6, 6.07) is 0. The SMILES string of the molecule is B.CSB(C)F. The maximum absolute atomic E-state index is 11.4. The highest BCUT2D eigenvalue weighted by Gasteiger charge is 1.96. The lowest BCUT2D eigenvalue weighted by Gasteiger charge is -1.79. The molecule has 0 aliphatic rings. The fourth-order valence-electron chi connectivity index (χ4n) is 0. The van der Waals surface area contributed by atoms with Crippen LogP contribution in [0.4, 0.5) is 4.32 Å². The van der Waals surface area contributed by atoms with Crippen LogP contribution < -0.4 is 0 Å². The molecule has 0 aliphatic carbocycles. The zero-order chi connectivity index (χ0) is 4.28. The van der Waals surface area contributed by atoms with Gasteiger partial charge in [0.15, 0.2) is 0 Å². The van der Waals surface area contributed by atoms with Crippen molar-refractivity contribution >= 4 is 26.3 Å². The molecule has 0 saturated heterocycles. The van der Waals surface area contributed by atoms with Gasteiger partial charge in [-0.05, 0) is 13.1 Å². The molecule has 0 radical (unpaired) electrons. The summed E-state index contributed by atoms with van der Waals surface area (Å²) in [5.41, 5.74) is 0. The molecule has 0 aromatic carbocycles. The molecule has 6 heavy (non-hydrogen) atoms. The monoisotopic (exact) mass is 106 g/mol. The second-order valence-corrected chi connectivity index (χ2v) is 1.90. The maximum Gasteiger partial charge on any atom is 0.409 e. The Kier molecular flexibility index (Phi) is 8.70. The zero-order valence-electron chi connectivity index (χ0n) is 3.36. The normalized spacial score (nSPS) is 6.50. The van der Waals surface area contributed by atoms with E-state index in [0.29, 0.717) is 0 Å². The molecule has 4 heteroatoms. The Morgan fingerprint density at radius 2 is 1.83 bits per heavy atom. The molecule has 0 atom stereocenters. The van der Waals surface area contributed by atoms with Crippen molar-refractivity contribution in [3.8, 4) is 0 Å². The third-order valence-electron chi connectivity index (χ3n) is 0.325. The first-order chi connectivity index (χ1) is 2.27. The standard InChI is InChI=1S/C2H6BFS.BH3/c1-3(4)5-2;/h1-2H3;1H3. The van der Waals surface area contributed by atoms with E-state index < -0.39 is 6.27 Å². The Morgan fingerprint density at radius 3 is 1.83 bits per heavy atom. The fourth-order valence-corrected chi connectivity index (χ4v) is 0. The van der Waals surface area contributed by atoms with Gasteiger partial charge >= 0.3 is 6.27 Å². The van der Waals surface area contributed by atoms with Crippen molar-refractivity contribution in [3.63, 3.8) is 0 Å². The summed E-state index contributed by atoms with van der Waals surface area (Å²) in [6.07, 6.45) is 1.04. The first kappa shape index (κ1) is 9.65. The summed E-state index contributed by atoms with van der Waals surface area (Å²) in [5, 5.41) is 0. The summed E-state index contributed by atoms with van der Waals surface area (Å²) in [7, 11) is 0. The maximum atomic E-state index is 11.4. The van der Waals surface area contributed by atoms with Crippen LogP contribution in [0.2, 0.25) is 6.82 Å². The first-order valence-electron chi connectivity index (χ1n) is 1.44. The van der Waals surface area contributed by atoms with Gasteiger partial charge in [-0.2, -0.15) is 11.6 Å². The molecule has 0 spiro atoms. The fraction of sp³-hybridized carbons (Fsp3) is 1.00. The molecule has 0 aromatic heterocycles. The van der Waals surface area contributed by atoms with E-state index in [2.05, 4.69) is 0 Å². The van der Waals surface area contributed by atoms with Crippen molar-refractivity contribution in [2.24, 2.45) is 0 Å². The molecule has 0 aliphatic heterocycles. The molecular weight excluding hydrogens is 96.7 g/mol. The predicted molar refractivity (Wildman–Crippen MR) is 36.2 cm³/mol. The molecule has 0 aromatic rings. The van der Waals surface area contributed by atoms with Crippen molar-refractivity contribution in [1.82, 2.24) is 0 Å². The summed E-state index contributed by atoms with van der Waals surface area (Å²) < 4.78 is 11.4. The molecular formula is C2H9B2FS. The van der Waals surface area contributed by atoms with Crippen LogP contribution in [-0.4, -0.2) is 20.9 Å². The third-order valence-corrected chi connectivity index (χ3v) is 0.974. The first-order valence-corrected chi connectivity index (χ1v) is 2.73. The average molecular weight is 106 g/mol. The molecule has 36 valence electrons. The largest absolute Gasteiger partial charge is 0.409 e. The van der Waals surface area contributed by atoms with Gasteiger partial charge in [-0.1, -0.05) is 0 Å². The molecule has 0 amide bonds. The Labute approximate surface area is 44.5 Å². The summed E-state index contributed by atoms with van der Waals surface area (Å²) in [6.45, 7) is 1.52. The highest BCUT2D eigenvalue weighted by atomic mass is 32.2. The molecule has 0 N–H and O–H groups in total. The van der Waals surface area contributed by atoms with Crippen molar-refractivity contribution in [2.45, 2.75) is 6.82 Å². The number of rotatable bonds is 1. The Hall–Kier alpha value is 0.410. The molecule has 0 heterocycles. The van der Waals surface area contributed by atoms with Crippen molar-refractivity contribution < 1.29 is 4.32 Å². The van der Waals surface area contributed by atoms with Crippen LogP contribution in [0.5, 0.6) is 0 Å². The lowest BCUT2D eigenvalue weighted by Crippen LogP contribution is -1.84. The van der Waals surface area contributed by atoms with E-state index in [0.717, 1.165) is 0 Å². The van der Waals surface area contributed by atoms with Gasteiger partial charge in [0, 0.05) is 0 Å². The van der Waals surface area contributed by atoms with E-state index in [1.165, 1.54) is 18.4 Å². The number of hydrogen-bond acceptors (Lipinski definition) is 1. The van der Waals surface area contributed by atoms with E-state index >= 15 is 0 Å². The van der Waals surface area contributed by atoms with Gasteiger partial charge in [0.1, 0.15) is 0 Å². The zero-order valence-corrected chi connectivity index (χ0v) is 4.18. The Balaban J connectivity index is 0. The van der Waals surface area contributed by atoms with Gasteiger partial charge < -0.3 is 4.32 Å². The van der Waals surface area contributed by atoms with E-state index in [1.54, 1.807) is 6.26 Å². The van der Waals surface area contributed by atoms with Crippen molar-refractivity contribution in [1.29, 1.82) is 0 Å². The minimum absolute atomic E-state index is 0. The average Bonchev–Trinajstić information content (AvgIpc) is 1.38. The molecule has 0 rings (SSSR count). The Bertz CT molecular complexity index is 25.5. The Morgan fingerprint density at radius 1 is 1.67 bits per heavy atom. The van der Waals surface area contributed by atoms with Gasteiger partial charge in [-0.25, -0.2) is 0 Å². The quantitative estimate of drug-likeness (QED) is 0.431. The van der Waals surface area contributed by atoms with Gasteiger partial charge in [0.2, 0.25) is 0 Å². The van der Waals surface area contributed by atoms with Crippen LogP contribution in [-0.2, 0) is 0 Å². The van der Waals surface area contributed by atoms with E-state index in [1.807, 2.05) is 0 Å². The third kappa shape index (κ3) is 8.83. The second kappa shape index (κ2) is 5.41. The highest BCUT2D eigenvalue weighted by molar-refractivity contribution is 8.24. The van der Waals surface area contributed by atoms with Crippen molar-refractivity contribution in [3.05, 3.63) is 0 Å². The van der Waals surface area contributed by atoms with Crippen LogP contribution in [0.3, 0.4) is 0 Å². The van der Waals surface area contributed by atoms with Gasteiger partial charge in [0.25, 0.3) is 0 Å². The van der Waals surface area contributed by atoms with Crippen LogP contribution >= 0.6 is 11.6 Å². The minimum Gasteiger partial charge on any atom is -0.320 e. The molecule has 0 unspecified atom stereocenters. The van der Waals surface area contributed by atoms with Crippen molar-refractivity contribution in [2.75, 3.05) is 6.26 Å². The molecule has 0 saturated carbocycles. The minimum atomic E-state index is -0.699. The molecule has 0 nitrogen and oxygen atoms in total. The smallest absolute Gasteiger partial charge is 0.320 e. The number of halogens is 1. The highest BCUT2D eigenvalue weighted by Crippen LogP contribution is 1.98. The van der Waals surface area contributed by atoms with Gasteiger partial charge in [-0.15, -0.1) is 0 Å². The lowest BCUT2D eigenvalue weighted by atomic mass is 10.1. The summed E-state index contributed by atoms with van der Waals surface area (Å²) in [4.78, 5) is 0. The number of hydrogen-bond donors (Lipinski definition) is 0. The summed E-state index contributed by atoms with van der Waals surface area (Å²) >= 11 is 1.21. The van der Waals surface area contributed by atoms with Crippen LogP contribution in [0.25, 0.3) is 0 Å². The van der Waals surface area contributed by atoms with Gasteiger partial charge in [0.05, 0.1) is 8.41 Å². The summed E-state index contributed by atoms with van der Waals surface area (Å²) in [5.74, 6) is 0. The topological polar surface area (TPSA) is 0 Å². The molecule has 0 bridgehead atoms. The van der Waals surface area contributed by atoms with Crippen LogP contribution in [0.1, 0.15) is 0 Å². The van der Waals surface area contributed by atoms with E-state index in [4.69, 9.17) is 0 Å². The van der Waals surface area contributed by atoms with E-state index in [-0.39, 0.29) is 8.41 Å². The van der Waals surface area contributed by atoms with Crippen LogP contribution in [0.15, 0.2) is 0 Å². The lowest BCUT2D eigenvalue weighted by molar-refractivity contribution is 0.869. The van der Waals surface area contributed by atoms with Crippen LogP contribution in [0, 0.1) is 0 Å². The second-order valence-electron chi connectivity index (χ2n) is 0.779. The molecule has 0 fully saturated rings. The van der Waals surface area contributed by atoms with E-state index in [9.17, 15) is 4.32 Å².